The van der Waals surface area contributed by atoms with Crippen LogP contribution >= 0.6 is 11.3 Å². The molecule has 0 aliphatic carbocycles. The molecule has 1 aromatic heterocycles. The Morgan fingerprint density at radius 3 is 3.00 bits per heavy atom. The van der Waals surface area contributed by atoms with Gasteiger partial charge in [0.1, 0.15) is 5.82 Å². The Morgan fingerprint density at radius 1 is 1.35 bits per heavy atom. The molecule has 88 valence electrons. The first-order valence-electron chi connectivity index (χ1n) is 5.79. The number of hydrogen-bond donors (Lipinski definition) is 0. The number of halogens is 1. The minimum absolute atomic E-state index is 0.150. The van der Waals surface area contributed by atoms with E-state index in [1.807, 2.05) is 6.07 Å². The number of hydrogen-bond acceptors (Lipinski definition) is 2. The molecule has 0 radical (unpaired) electrons. The number of thiophene rings is 1. The van der Waals surface area contributed by atoms with Crippen molar-refractivity contribution in [1.29, 1.82) is 0 Å². The van der Waals surface area contributed by atoms with E-state index in [0.29, 0.717) is 0 Å². The van der Waals surface area contributed by atoms with Crippen molar-refractivity contribution in [2.75, 3.05) is 20.1 Å². The van der Waals surface area contributed by atoms with E-state index < -0.39 is 0 Å². The van der Waals surface area contributed by atoms with E-state index >= 15 is 0 Å². The Hall–Kier alpha value is -1.19. The Labute approximate surface area is 104 Å². The smallest absolute Gasteiger partial charge is 0.124 e. The van der Waals surface area contributed by atoms with Crippen LogP contribution in [0.4, 0.5) is 4.39 Å². The molecule has 0 saturated heterocycles. The van der Waals surface area contributed by atoms with Gasteiger partial charge in [-0.25, -0.2) is 4.39 Å². The molecule has 0 bridgehead atoms. The highest BCUT2D eigenvalue weighted by molar-refractivity contribution is 7.17. The fourth-order valence-electron chi connectivity index (χ4n) is 2.27. The van der Waals surface area contributed by atoms with Gasteiger partial charge >= 0.3 is 0 Å². The fourth-order valence-corrected chi connectivity index (χ4v) is 3.27. The molecule has 2 aromatic rings. The summed E-state index contributed by atoms with van der Waals surface area (Å²) in [4.78, 5) is 2.30. The largest absolute Gasteiger partial charge is 0.302 e. The van der Waals surface area contributed by atoms with Crippen LogP contribution in [0.15, 0.2) is 29.7 Å². The summed E-state index contributed by atoms with van der Waals surface area (Å²) in [6.45, 7) is 2.11. The highest BCUT2D eigenvalue weighted by Gasteiger charge is 2.13. The monoisotopic (exact) mass is 247 g/mol. The first-order valence-corrected chi connectivity index (χ1v) is 6.67. The van der Waals surface area contributed by atoms with Crippen molar-refractivity contribution in [2.24, 2.45) is 0 Å². The zero-order valence-electron chi connectivity index (χ0n) is 9.74. The molecule has 3 rings (SSSR count). The molecule has 1 aromatic carbocycles. The van der Waals surface area contributed by atoms with Crippen LogP contribution in [-0.4, -0.2) is 25.0 Å². The van der Waals surface area contributed by atoms with Gasteiger partial charge in [-0.2, -0.15) is 0 Å². The van der Waals surface area contributed by atoms with Gasteiger partial charge in [-0.15, -0.1) is 11.3 Å². The summed E-state index contributed by atoms with van der Waals surface area (Å²) in [6.07, 6.45) is 3.37. The minimum atomic E-state index is -0.150. The minimum Gasteiger partial charge on any atom is -0.302 e. The fraction of sp³-hybridized carbons (Fsp3) is 0.286. The summed E-state index contributed by atoms with van der Waals surface area (Å²) in [5, 5.41) is 3.34. The van der Waals surface area contributed by atoms with E-state index in [4.69, 9.17) is 0 Å². The van der Waals surface area contributed by atoms with Gasteiger partial charge in [-0.1, -0.05) is 12.1 Å². The number of benzene rings is 1. The molecule has 2 heterocycles. The Balaban J connectivity index is 2.06. The van der Waals surface area contributed by atoms with Gasteiger partial charge in [0, 0.05) is 23.2 Å². The molecular formula is C14H14FNS. The first-order chi connectivity index (χ1) is 8.24. The normalized spacial score (nSPS) is 17.4. The third-order valence-electron chi connectivity index (χ3n) is 3.30. The second-order valence-electron chi connectivity index (χ2n) is 4.53. The van der Waals surface area contributed by atoms with Crippen molar-refractivity contribution in [3.8, 4) is 0 Å². The van der Waals surface area contributed by atoms with Crippen LogP contribution in [0.2, 0.25) is 0 Å². The van der Waals surface area contributed by atoms with Gasteiger partial charge in [0.05, 0.1) is 0 Å². The quantitative estimate of drug-likeness (QED) is 0.741. The first kappa shape index (κ1) is 10.9. The molecule has 1 aliphatic heterocycles. The Bertz CT molecular complexity index is 585. The zero-order valence-corrected chi connectivity index (χ0v) is 10.6. The van der Waals surface area contributed by atoms with Crippen molar-refractivity contribution in [1.82, 2.24) is 4.90 Å². The molecule has 0 unspecified atom stereocenters. The maximum atomic E-state index is 13.1. The highest BCUT2D eigenvalue weighted by Crippen LogP contribution is 2.33. The van der Waals surface area contributed by atoms with Crippen molar-refractivity contribution in [2.45, 2.75) is 6.42 Å². The van der Waals surface area contributed by atoms with Crippen LogP contribution in [0.3, 0.4) is 0 Å². The molecule has 0 atom stereocenters. The lowest BCUT2D eigenvalue weighted by Crippen LogP contribution is -2.23. The van der Waals surface area contributed by atoms with E-state index in [2.05, 4.69) is 23.4 Å². The van der Waals surface area contributed by atoms with Crippen molar-refractivity contribution in [3.63, 3.8) is 0 Å². The summed E-state index contributed by atoms with van der Waals surface area (Å²) < 4.78 is 14.2. The second kappa shape index (κ2) is 4.24. The average molecular weight is 247 g/mol. The third kappa shape index (κ3) is 2.01. The lowest BCUT2D eigenvalue weighted by molar-refractivity contribution is 0.370. The van der Waals surface area contributed by atoms with E-state index in [0.717, 1.165) is 24.2 Å². The predicted molar refractivity (Wildman–Crippen MR) is 71.9 cm³/mol. The van der Waals surface area contributed by atoms with Crippen LogP contribution in [-0.2, 0) is 0 Å². The summed E-state index contributed by atoms with van der Waals surface area (Å²) in [6, 6.07) is 5.07. The van der Waals surface area contributed by atoms with Gasteiger partial charge in [0.2, 0.25) is 0 Å². The molecule has 0 saturated carbocycles. The van der Waals surface area contributed by atoms with Gasteiger partial charge in [0.15, 0.2) is 0 Å². The molecule has 3 heteroatoms. The van der Waals surface area contributed by atoms with Crippen molar-refractivity contribution >= 4 is 27.0 Å². The second-order valence-corrected chi connectivity index (χ2v) is 5.44. The molecule has 1 nitrogen and oxygen atoms in total. The van der Waals surface area contributed by atoms with Gasteiger partial charge in [-0.3, -0.25) is 0 Å². The van der Waals surface area contributed by atoms with Crippen molar-refractivity contribution in [3.05, 3.63) is 41.0 Å². The number of rotatable bonds is 1. The van der Waals surface area contributed by atoms with E-state index in [9.17, 15) is 4.39 Å². The van der Waals surface area contributed by atoms with Crippen LogP contribution in [0, 0.1) is 5.82 Å². The Morgan fingerprint density at radius 2 is 2.24 bits per heavy atom. The van der Waals surface area contributed by atoms with Crippen LogP contribution in [0.25, 0.3) is 15.7 Å². The molecule has 0 N–H and O–H groups in total. The van der Waals surface area contributed by atoms with Gasteiger partial charge in [-0.05, 0) is 42.1 Å². The summed E-state index contributed by atoms with van der Waals surface area (Å²) >= 11 is 1.63. The number of fused-ring (bicyclic) bond motifs is 1. The number of likely N-dealkylation sites (N-methyl/N-ethyl adjacent to an activating group) is 1. The van der Waals surface area contributed by atoms with Crippen LogP contribution in [0.1, 0.15) is 12.0 Å². The maximum Gasteiger partial charge on any atom is 0.124 e. The Kier molecular flexibility index (Phi) is 2.73. The molecule has 0 amide bonds. The summed E-state index contributed by atoms with van der Waals surface area (Å²) in [7, 11) is 2.13. The van der Waals surface area contributed by atoms with Gasteiger partial charge in [0.25, 0.3) is 0 Å². The highest BCUT2D eigenvalue weighted by atomic mass is 32.1. The van der Waals surface area contributed by atoms with Crippen LogP contribution < -0.4 is 0 Å². The summed E-state index contributed by atoms with van der Waals surface area (Å²) in [5.41, 5.74) is 2.69. The summed E-state index contributed by atoms with van der Waals surface area (Å²) in [5.74, 6) is -0.150. The average Bonchev–Trinajstić information content (AvgIpc) is 2.73. The third-order valence-corrected chi connectivity index (χ3v) is 4.24. The maximum absolute atomic E-state index is 13.1. The molecule has 17 heavy (non-hydrogen) atoms. The van der Waals surface area contributed by atoms with E-state index in [1.165, 1.54) is 16.5 Å². The molecule has 1 aliphatic rings. The lowest BCUT2D eigenvalue weighted by atomic mass is 9.99. The van der Waals surface area contributed by atoms with E-state index in [-0.39, 0.29) is 5.82 Å². The zero-order chi connectivity index (χ0) is 11.8. The standard InChI is InChI=1S/C14H14FNS/c1-16-6-4-10(5-7-16)13-9-17-14-8-11(15)2-3-12(13)14/h2-4,8-9H,5-7H2,1H3. The topological polar surface area (TPSA) is 3.24 Å². The molecule has 0 spiro atoms. The molecule has 0 fully saturated rings. The lowest BCUT2D eigenvalue weighted by Gasteiger charge is -2.21. The van der Waals surface area contributed by atoms with Crippen molar-refractivity contribution < 1.29 is 4.39 Å². The predicted octanol–water partition coefficient (Wildman–Crippen LogP) is 3.76. The van der Waals surface area contributed by atoms with E-state index in [1.54, 1.807) is 23.5 Å². The number of nitrogens with zero attached hydrogens (tertiary/aromatic N) is 1. The SMILES string of the molecule is CN1CC=C(c2csc3cc(F)ccc23)CC1. The van der Waals surface area contributed by atoms with Gasteiger partial charge < -0.3 is 4.90 Å². The molecular weight excluding hydrogens is 233 g/mol. The van der Waals surface area contributed by atoms with Crippen LogP contribution in [0.5, 0.6) is 0 Å².